The van der Waals surface area contributed by atoms with Crippen molar-refractivity contribution in [1.29, 1.82) is 0 Å². The molecule has 0 fully saturated rings. The van der Waals surface area contributed by atoms with E-state index in [0.717, 1.165) is 0 Å². The summed E-state index contributed by atoms with van der Waals surface area (Å²) >= 11 is 0.558. The molecule has 0 aliphatic heterocycles. The van der Waals surface area contributed by atoms with Gasteiger partial charge in [-0.05, 0) is 26.0 Å². The first-order valence-corrected chi connectivity index (χ1v) is 12.3. The van der Waals surface area contributed by atoms with Crippen LogP contribution in [0.15, 0.2) is 39.6 Å². The SMILES string of the molecule is CCNC(=O)c1cc2c(-c3sc(S(N)(=O)=O)c(F)c3Oc3ncccc3C)cn(C)c(=O)c2[nH]1. The van der Waals surface area contributed by atoms with E-state index in [-0.39, 0.29) is 32.9 Å². The normalized spacial score (nSPS) is 11.7. The van der Waals surface area contributed by atoms with Crippen molar-refractivity contribution in [1.82, 2.24) is 19.9 Å². The number of fused-ring (bicyclic) bond motifs is 1. The molecule has 0 atom stereocenters. The van der Waals surface area contributed by atoms with Gasteiger partial charge in [-0.1, -0.05) is 6.07 Å². The Balaban J connectivity index is 2.03. The number of sulfonamides is 1. The van der Waals surface area contributed by atoms with E-state index in [1.807, 2.05) is 0 Å². The van der Waals surface area contributed by atoms with Crippen molar-refractivity contribution in [2.24, 2.45) is 12.2 Å². The number of carbonyl (C=O) groups is 1. The summed E-state index contributed by atoms with van der Waals surface area (Å²) in [6, 6.07) is 4.81. The molecule has 178 valence electrons. The van der Waals surface area contributed by atoms with Gasteiger partial charge in [0, 0.05) is 42.5 Å². The second-order valence-electron chi connectivity index (χ2n) is 7.42. The van der Waals surface area contributed by atoms with Crippen LogP contribution in [0.4, 0.5) is 4.39 Å². The number of H-pyrrole nitrogens is 1. The summed E-state index contributed by atoms with van der Waals surface area (Å²) in [5.74, 6) is -1.94. The Hall–Kier alpha value is -3.55. The topological polar surface area (TPSA) is 149 Å². The molecule has 0 aromatic carbocycles. The van der Waals surface area contributed by atoms with Gasteiger partial charge in [-0.3, -0.25) is 9.59 Å². The number of amides is 1. The van der Waals surface area contributed by atoms with Crippen molar-refractivity contribution in [2.75, 3.05) is 6.54 Å². The molecule has 13 heteroatoms. The second kappa shape index (κ2) is 8.66. The summed E-state index contributed by atoms with van der Waals surface area (Å²) in [5, 5.41) is 8.16. The second-order valence-corrected chi connectivity index (χ2v) is 10.2. The standard InChI is InChI=1S/C21H20FN5O5S2/c1-4-24-18(28)13-8-11-12(9-27(3)20(29)15(11)26-13)17-16(14(22)21(33-17)34(23,30)31)32-19-10(2)6-5-7-25-19/h5-9,26H,4H2,1-3H3,(H,24,28)(H2,23,30,31). The number of ether oxygens (including phenoxy) is 1. The molecule has 0 saturated carbocycles. The van der Waals surface area contributed by atoms with Crippen LogP contribution in [-0.2, 0) is 17.1 Å². The van der Waals surface area contributed by atoms with E-state index in [1.54, 1.807) is 26.0 Å². The van der Waals surface area contributed by atoms with Gasteiger partial charge in [0.15, 0.2) is 15.8 Å². The molecule has 4 aromatic heterocycles. The Morgan fingerprint density at radius 2 is 2.15 bits per heavy atom. The molecule has 0 radical (unpaired) electrons. The number of primary sulfonamides is 1. The molecule has 4 heterocycles. The van der Waals surface area contributed by atoms with Gasteiger partial charge >= 0.3 is 0 Å². The van der Waals surface area contributed by atoms with Crippen molar-refractivity contribution in [2.45, 2.75) is 18.1 Å². The van der Waals surface area contributed by atoms with Gasteiger partial charge < -0.3 is 19.6 Å². The number of nitrogens with zero attached hydrogens (tertiary/aromatic N) is 2. The number of nitrogens with two attached hydrogens (primary N) is 1. The summed E-state index contributed by atoms with van der Waals surface area (Å²) in [6.07, 6.45) is 2.86. The van der Waals surface area contributed by atoms with Gasteiger partial charge in [-0.25, -0.2) is 22.9 Å². The van der Waals surface area contributed by atoms with E-state index in [2.05, 4.69) is 15.3 Å². The highest BCUT2D eigenvalue weighted by Crippen LogP contribution is 2.46. The Kier molecular flexibility index (Phi) is 6.02. The highest BCUT2D eigenvalue weighted by molar-refractivity contribution is 7.91. The average molecular weight is 506 g/mol. The predicted octanol–water partition coefficient (Wildman–Crippen LogP) is 2.63. The lowest BCUT2D eigenvalue weighted by atomic mass is 10.1. The molecule has 0 aliphatic carbocycles. The Labute approximate surface area is 197 Å². The van der Waals surface area contributed by atoms with E-state index in [0.29, 0.717) is 23.4 Å². The van der Waals surface area contributed by atoms with Crippen LogP contribution in [0.3, 0.4) is 0 Å². The highest BCUT2D eigenvalue weighted by Gasteiger charge is 2.30. The maximum absolute atomic E-state index is 15.4. The number of hydrogen-bond acceptors (Lipinski definition) is 7. The Bertz CT molecular complexity index is 1600. The van der Waals surface area contributed by atoms with Crippen LogP contribution >= 0.6 is 11.3 Å². The smallest absolute Gasteiger partial charge is 0.274 e. The molecular formula is C21H20FN5O5S2. The number of pyridine rings is 2. The minimum Gasteiger partial charge on any atom is -0.434 e. The summed E-state index contributed by atoms with van der Waals surface area (Å²) in [4.78, 5) is 32.0. The molecule has 0 saturated heterocycles. The van der Waals surface area contributed by atoms with Crippen LogP contribution < -0.4 is 20.8 Å². The molecule has 0 spiro atoms. The van der Waals surface area contributed by atoms with Crippen molar-refractivity contribution in [3.05, 3.63) is 58.0 Å². The summed E-state index contributed by atoms with van der Waals surface area (Å²) in [6.45, 7) is 3.81. The third-order valence-electron chi connectivity index (χ3n) is 4.99. The number of aromatic nitrogens is 3. The van der Waals surface area contributed by atoms with Crippen LogP contribution in [0.2, 0.25) is 0 Å². The number of halogens is 1. The molecule has 0 aliphatic rings. The van der Waals surface area contributed by atoms with E-state index < -0.39 is 37.3 Å². The molecule has 4 N–H and O–H groups in total. The zero-order chi connectivity index (χ0) is 24.8. The Morgan fingerprint density at radius 1 is 1.41 bits per heavy atom. The molecular weight excluding hydrogens is 485 g/mol. The van der Waals surface area contributed by atoms with Gasteiger partial charge in [0.05, 0.1) is 4.88 Å². The van der Waals surface area contributed by atoms with E-state index >= 15 is 4.39 Å². The fourth-order valence-electron chi connectivity index (χ4n) is 3.40. The highest BCUT2D eigenvalue weighted by atomic mass is 32.2. The number of carbonyl (C=O) groups excluding carboxylic acids is 1. The maximum atomic E-state index is 15.4. The fraction of sp³-hybridized carbons (Fsp3) is 0.190. The third kappa shape index (κ3) is 4.08. The molecule has 0 unspecified atom stereocenters. The first kappa shape index (κ1) is 23.6. The lowest BCUT2D eigenvalue weighted by Gasteiger charge is -2.10. The minimum atomic E-state index is -4.43. The van der Waals surface area contributed by atoms with E-state index in [1.165, 1.54) is 30.1 Å². The number of nitrogens with one attached hydrogen (secondary N) is 2. The molecule has 34 heavy (non-hydrogen) atoms. The van der Waals surface area contributed by atoms with Gasteiger partial charge in [0.1, 0.15) is 11.2 Å². The maximum Gasteiger partial charge on any atom is 0.274 e. The number of aromatic amines is 1. The summed E-state index contributed by atoms with van der Waals surface area (Å²) in [5.41, 5.74) is 0.634. The number of hydrogen-bond donors (Lipinski definition) is 3. The van der Waals surface area contributed by atoms with Crippen molar-refractivity contribution in [3.63, 3.8) is 0 Å². The number of rotatable bonds is 6. The first-order chi connectivity index (χ1) is 16.0. The van der Waals surface area contributed by atoms with E-state index in [9.17, 15) is 18.0 Å². The van der Waals surface area contributed by atoms with Crippen LogP contribution in [0.25, 0.3) is 21.3 Å². The number of thiophene rings is 1. The molecule has 0 bridgehead atoms. The zero-order valence-electron chi connectivity index (χ0n) is 18.3. The van der Waals surface area contributed by atoms with Crippen LogP contribution in [0.5, 0.6) is 11.6 Å². The number of aryl methyl sites for hydroxylation is 2. The first-order valence-electron chi connectivity index (χ1n) is 9.98. The van der Waals surface area contributed by atoms with Gasteiger partial charge in [-0.15, -0.1) is 11.3 Å². The fourth-order valence-corrected chi connectivity index (χ4v) is 5.32. The van der Waals surface area contributed by atoms with Gasteiger partial charge in [0.2, 0.25) is 5.88 Å². The monoisotopic (exact) mass is 505 g/mol. The van der Waals surface area contributed by atoms with Crippen molar-refractivity contribution < 1.29 is 22.3 Å². The van der Waals surface area contributed by atoms with E-state index in [4.69, 9.17) is 9.88 Å². The third-order valence-corrected chi connectivity index (χ3v) is 7.61. The zero-order valence-corrected chi connectivity index (χ0v) is 19.9. The lowest BCUT2D eigenvalue weighted by Crippen LogP contribution is -2.23. The lowest BCUT2D eigenvalue weighted by molar-refractivity contribution is 0.0951. The molecule has 10 nitrogen and oxygen atoms in total. The van der Waals surface area contributed by atoms with Gasteiger partial charge in [-0.2, -0.15) is 0 Å². The van der Waals surface area contributed by atoms with Gasteiger partial charge in [0.25, 0.3) is 21.5 Å². The Morgan fingerprint density at radius 3 is 2.79 bits per heavy atom. The van der Waals surface area contributed by atoms with Crippen LogP contribution in [0.1, 0.15) is 23.0 Å². The van der Waals surface area contributed by atoms with Crippen LogP contribution in [0, 0.1) is 12.7 Å². The molecule has 4 aromatic rings. The quantitative estimate of drug-likeness (QED) is 0.367. The largest absolute Gasteiger partial charge is 0.434 e. The average Bonchev–Trinajstić information content (AvgIpc) is 3.35. The summed E-state index contributed by atoms with van der Waals surface area (Å²) < 4.78 is 45.8. The minimum absolute atomic E-state index is 0.0635. The molecule has 1 amide bonds. The predicted molar refractivity (Wildman–Crippen MR) is 125 cm³/mol. The van der Waals surface area contributed by atoms with Crippen LogP contribution in [-0.4, -0.2) is 35.4 Å². The van der Waals surface area contributed by atoms with Crippen molar-refractivity contribution >= 4 is 38.2 Å². The molecule has 4 rings (SSSR count). The summed E-state index contributed by atoms with van der Waals surface area (Å²) in [7, 11) is -2.95. The van der Waals surface area contributed by atoms with Crippen molar-refractivity contribution in [3.8, 4) is 22.1 Å².